The molecule has 0 aliphatic heterocycles. The van der Waals surface area contributed by atoms with Crippen LogP contribution in [0.1, 0.15) is 39.3 Å². The van der Waals surface area contributed by atoms with E-state index in [1.54, 1.807) is 0 Å². The van der Waals surface area contributed by atoms with Crippen LogP contribution in [0.25, 0.3) is 0 Å². The normalized spacial score (nSPS) is 11.2. The summed E-state index contributed by atoms with van der Waals surface area (Å²) < 4.78 is 2.04. The van der Waals surface area contributed by atoms with Crippen LogP contribution in [0.15, 0.2) is 12.3 Å². The summed E-state index contributed by atoms with van der Waals surface area (Å²) in [6, 6.07) is 2.10. The highest BCUT2D eigenvalue weighted by Crippen LogP contribution is 2.03. The molecule has 0 amide bonds. The van der Waals surface area contributed by atoms with Crippen molar-refractivity contribution in [3.63, 3.8) is 0 Å². The van der Waals surface area contributed by atoms with E-state index in [0.717, 1.165) is 31.2 Å². The summed E-state index contributed by atoms with van der Waals surface area (Å²) in [5, 5.41) is 7.86. The van der Waals surface area contributed by atoms with E-state index in [1.807, 2.05) is 4.68 Å². The van der Waals surface area contributed by atoms with Crippen molar-refractivity contribution < 1.29 is 0 Å². The molecule has 1 aromatic heterocycles. The van der Waals surface area contributed by atoms with E-state index < -0.39 is 0 Å². The zero-order chi connectivity index (χ0) is 11.1. The highest BCUT2D eigenvalue weighted by Gasteiger charge is 1.99. The van der Waals surface area contributed by atoms with E-state index in [4.69, 9.17) is 0 Å². The molecule has 1 N–H and O–H groups in total. The van der Waals surface area contributed by atoms with Crippen molar-refractivity contribution in [2.45, 2.75) is 46.7 Å². The van der Waals surface area contributed by atoms with Gasteiger partial charge in [-0.15, -0.1) is 0 Å². The van der Waals surface area contributed by atoms with Gasteiger partial charge in [0.15, 0.2) is 0 Å². The van der Waals surface area contributed by atoms with Gasteiger partial charge in [-0.25, -0.2) is 0 Å². The van der Waals surface area contributed by atoms with Crippen LogP contribution in [0.2, 0.25) is 0 Å². The fourth-order valence-electron chi connectivity index (χ4n) is 1.41. The molecule has 0 bridgehead atoms. The lowest BCUT2D eigenvalue weighted by Gasteiger charge is -2.04. The topological polar surface area (TPSA) is 29.9 Å². The minimum Gasteiger partial charge on any atom is -0.311 e. The van der Waals surface area contributed by atoms with E-state index >= 15 is 0 Å². The molecule has 0 aliphatic carbocycles. The second-order valence-corrected chi connectivity index (χ2v) is 4.43. The zero-order valence-corrected chi connectivity index (χ0v) is 10.2. The molecular formula is C12H23N3. The molecule has 3 heteroatoms. The Morgan fingerprint density at radius 2 is 2.27 bits per heavy atom. The minimum atomic E-state index is 0.746. The van der Waals surface area contributed by atoms with E-state index in [0.29, 0.717) is 0 Å². The SMILES string of the molecule is CCCNCc1ccn(CCC(C)C)n1. The van der Waals surface area contributed by atoms with Gasteiger partial charge in [-0.05, 0) is 31.4 Å². The van der Waals surface area contributed by atoms with Crippen LogP contribution in [0.3, 0.4) is 0 Å². The summed E-state index contributed by atoms with van der Waals surface area (Å²) in [5.74, 6) is 0.746. The summed E-state index contributed by atoms with van der Waals surface area (Å²) in [5.41, 5.74) is 1.15. The molecule has 0 spiro atoms. The van der Waals surface area contributed by atoms with Gasteiger partial charge in [0.25, 0.3) is 0 Å². The molecule has 1 heterocycles. The first-order valence-electron chi connectivity index (χ1n) is 5.95. The first-order chi connectivity index (χ1) is 7.22. The van der Waals surface area contributed by atoms with Crippen molar-refractivity contribution in [3.05, 3.63) is 18.0 Å². The minimum absolute atomic E-state index is 0.746. The van der Waals surface area contributed by atoms with Gasteiger partial charge in [0.2, 0.25) is 0 Å². The number of hydrogen-bond acceptors (Lipinski definition) is 2. The number of nitrogens with one attached hydrogen (secondary N) is 1. The van der Waals surface area contributed by atoms with Gasteiger partial charge in [0.05, 0.1) is 5.69 Å². The van der Waals surface area contributed by atoms with Crippen molar-refractivity contribution in [1.29, 1.82) is 0 Å². The number of nitrogens with zero attached hydrogens (tertiary/aromatic N) is 2. The lowest BCUT2D eigenvalue weighted by atomic mass is 10.1. The standard InChI is InChI=1S/C12H23N3/c1-4-7-13-10-12-6-9-15(14-12)8-5-11(2)3/h6,9,11,13H,4-5,7-8,10H2,1-3H3. The highest BCUT2D eigenvalue weighted by atomic mass is 15.3. The predicted octanol–water partition coefficient (Wildman–Crippen LogP) is 2.43. The number of rotatable bonds is 7. The summed E-state index contributed by atoms with van der Waals surface area (Å²) in [4.78, 5) is 0. The predicted molar refractivity (Wildman–Crippen MR) is 63.7 cm³/mol. The third-order valence-electron chi connectivity index (χ3n) is 2.36. The molecule has 0 unspecified atom stereocenters. The lowest BCUT2D eigenvalue weighted by Crippen LogP contribution is -2.14. The molecule has 0 fully saturated rings. The van der Waals surface area contributed by atoms with Gasteiger partial charge in [-0.1, -0.05) is 20.8 Å². The van der Waals surface area contributed by atoms with Crippen LogP contribution in [0, 0.1) is 5.92 Å². The average molecular weight is 209 g/mol. The Morgan fingerprint density at radius 3 is 2.93 bits per heavy atom. The van der Waals surface area contributed by atoms with Gasteiger partial charge >= 0.3 is 0 Å². The molecule has 1 aromatic rings. The molecule has 15 heavy (non-hydrogen) atoms. The Kier molecular flexibility index (Phi) is 5.40. The largest absolute Gasteiger partial charge is 0.311 e. The molecule has 3 nitrogen and oxygen atoms in total. The monoisotopic (exact) mass is 209 g/mol. The molecule has 0 aliphatic rings. The van der Waals surface area contributed by atoms with Gasteiger partial charge in [0.1, 0.15) is 0 Å². The third kappa shape index (κ3) is 4.98. The smallest absolute Gasteiger partial charge is 0.0762 e. The van der Waals surface area contributed by atoms with E-state index in [9.17, 15) is 0 Å². The average Bonchev–Trinajstić information content (AvgIpc) is 2.63. The first kappa shape index (κ1) is 12.2. The van der Waals surface area contributed by atoms with Crippen molar-refractivity contribution in [3.8, 4) is 0 Å². The summed E-state index contributed by atoms with van der Waals surface area (Å²) in [6.45, 7) is 9.65. The highest BCUT2D eigenvalue weighted by molar-refractivity contribution is 4.98. The Hall–Kier alpha value is -0.830. The quantitative estimate of drug-likeness (QED) is 0.699. The first-order valence-corrected chi connectivity index (χ1v) is 5.95. The fraction of sp³-hybridized carbons (Fsp3) is 0.750. The number of hydrogen-bond donors (Lipinski definition) is 1. The van der Waals surface area contributed by atoms with Crippen LogP contribution in [0.5, 0.6) is 0 Å². The fourth-order valence-corrected chi connectivity index (χ4v) is 1.41. The molecule has 0 saturated carbocycles. The van der Waals surface area contributed by atoms with E-state index in [2.05, 4.69) is 43.4 Å². The Bertz CT molecular complexity index is 266. The van der Waals surface area contributed by atoms with Crippen LogP contribution in [0.4, 0.5) is 0 Å². The van der Waals surface area contributed by atoms with Gasteiger partial charge in [0, 0.05) is 19.3 Å². The maximum atomic E-state index is 4.51. The molecule has 1 rings (SSSR count). The molecule has 0 aromatic carbocycles. The summed E-state index contributed by atoms with van der Waals surface area (Å²) in [7, 11) is 0. The molecular weight excluding hydrogens is 186 g/mol. The van der Waals surface area contributed by atoms with Crippen LogP contribution in [-0.4, -0.2) is 16.3 Å². The second kappa shape index (κ2) is 6.62. The van der Waals surface area contributed by atoms with E-state index in [-0.39, 0.29) is 0 Å². The van der Waals surface area contributed by atoms with Gasteiger partial charge in [-0.2, -0.15) is 5.10 Å². The Balaban J connectivity index is 2.29. The van der Waals surface area contributed by atoms with Crippen molar-refractivity contribution in [2.75, 3.05) is 6.54 Å². The molecule has 86 valence electrons. The van der Waals surface area contributed by atoms with Gasteiger partial charge in [-0.3, -0.25) is 4.68 Å². The summed E-state index contributed by atoms with van der Waals surface area (Å²) >= 11 is 0. The Labute approximate surface area is 92.9 Å². The van der Waals surface area contributed by atoms with Crippen molar-refractivity contribution >= 4 is 0 Å². The maximum absolute atomic E-state index is 4.51. The number of aryl methyl sites for hydroxylation is 1. The molecule has 0 radical (unpaired) electrons. The lowest BCUT2D eigenvalue weighted by molar-refractivity contribution is 0.483. The zero-order valence-electron chi connectivity index (χ0n) is 10.2. The van der Waals surface area contributed by atoms with Crippen LogP contribution < -0.4 is 5.32 Å². The van der Waals surface area contributed by atoms with Crippen molar-refractivity contribution in [2.24, 2.45) is 5.92 Å². The second-order valence-electron chi connectivity index (χ2n) is 4.43. The van der Waals surface area contributed by atoms with Gasteiger partial charge < -0.3 is 5.32 Å². The summed E-state index contributed by atoms with van der Waals surface area (Å²) in [6.07, 6.45) is 4.45. The van der Waals surface area contributed by atoms with Crippen molar-refractivity contribution in [1.82, 2.24) is 15.1 Å². The third-order valence-corrected chi connectivity index (χ3v) is 2.36. The maximum Gasteiger partial charge on any atom is 0.0762 e. The van der Waals surface area contributed by atoms with Crippen LogP contribution in [-0.2, 0) is 13.1 Å². The number of aromatic nitrogens is 2. The molecule has 0 atom stereocenters. The van der Waals surface area contributed by atoms with Crippen LogP contribution >= 0.6 is 0 Å². The van der Waals surface area contributed by atoms with E-state index in [1.165, 1.54) is 12.8 Å². The Morgan fingerprint density at radius 1 is 1.47 bits per heavy atom. The molecule has 0 saturated heterocycles.